The summed E-state index contributed by atoms with van der Waals surface area (Å²) in [4.78, 5) is 3.94. The van der Waals surface area contributed by atoms with Crippen LogP contribution < -0.4 is 11.1 Å². The Labute approximate surface area is 82.5 Å². The SMILES string of the molecule is Cc1ccnc(N)c1C1(F)CCNC1. The zero-order chi connectivity index (χ0) is 10.2. The molecule has 0 saturated carbocycles. The maximum Gasteiger partial charge on any atom is 0.153 e. The highest BCUT2D eigenvalue weighted by Gasteiger charge is 2.38. The van der Waals surface area contributed by atoms with Gasteiger partial charge >= 0.3 is 0 Å². The number of aromatic nitrogens is 1. The van der Waals surface area contributed by atoms with Crippen LogP contribution in [0.4, 0.5) is 10.2 Å². The first-order valence-electron chi connectivity index (χ1n) is 4.75. The lowest BCUT2D eigenvalue weighted by Gasteiger charge is -2.21. The maximum absolute atomic E-state index is 14.4. The molecule has 2 rings (SSSR count). The number of hydrogen-bond acceptors (Lipinski definition) is 3. The number of alkyl halides is 1. The van der Waals surface area contributed by atoms with E-state index >= 15 is 0 Å². The maximum atomic E-state index is 14.4. The lowest BCUT2D eigenvalue weighted by atomic mass is 9.92. The Balaban J connectivity index is 2.49. The van der Waals surface area contributed by atoms with E-state index in [0.29, 0.717) is 30.9 Å². The molecule has 1 aromatic rings. The highest BCUT2D eigenvalue weighted by atomic mass is 19.1. The van der Waals surface area contributed by atoms with Crippen molar-refractivity contribution in [1.82, 2.24) is 10.3 Å². The highest BCUT2D eigenvalue weighted by molar-refractivity contribution is 5.48. The minimum atomic E-state index is -1.33. The predicted octanol–water partition coefficient (Wildman–Crippen LogP) is 1.13. The van der Waals surface area contributed by atoms with Crippen molar-refractivity contribution in [3.8, 4) is 0 Å². The van der Waals surface area contributed by atoms with Gasteiger partial charge in [0.15, 0.2) is 5.67 Å². The first-order chi connectivity index (χ1) is 6.63. The summed E-state index contributed by atoms with van der Waals surface area (Å²) in [6.45, 7) is 2.90. The molecule has 76 valence electrons. The average molecular weight is 195 g/mol. The molecule has 4 heteroatoms. The lowest BCUT2D eigenvalue weighted by molar-refractivity contribution is 0.193. The number of rotatable bonds is 1. The molecule has 2 heterocycles. The first kappa shape index (κ1) is 9.40. The first-order valence-corrected chi connectivity index (χ1v) is 4.75. The molecule has 0 radical (unpaired) electrons. The zero-order valence-corrected chi connectivity index (χ0v) is 8.18. The number of nitrogens with one attached hydrogen (secondary N) is 1. The van der Waals surface area contributed by atoms with Crippen molar-refractivity contribution in [3.05, 3.63) is 23.4 Å². The molecule has 1 unspecified atom stereocenters. The smallest absolute Gasteiger partial charge is 0.153 e. The van der Waals surface area contributed by atoms with Crippen molar-refractivity contribution in [2.24, 2.45) is 0 Å². The van der Waals surface area contributed by atoms with E-state index in [0.717, 1.165) is 5.56 Å². The molecule has 3 nitrogen and oxygen atoms in total. The molecule has 0 aromatic carbocycles. The second-order valence-electron chi connectivity index (χ2n) is 3.78. The van der Waals surface area contributed by atoms with Gasteiger partial charge in [-0.15, -0.1) is 0 Å². The van der Waals surface area contributed by atoms with Crippen LogP contribution in [0.3, 0.4) is 0 Å². The Morgan fingerprint density at radius 2 is 2.43 bits per heavy atom. The number of halogens is 1. The van der Waals surface area contributed by atoms with Gasteiger partial charge in [-0.3, -0.25) is 0 Å². The van der Waals surface area contributed by atoms with Crippen LogP contribution in [0, 0.1) is 6.92 Å². The number of nitrogens with two attached hydrogens (primary N) is 1. The van der Waals surface area contributed by atoms with Gasteiger partial charge in [0.1, 0.15) is 5.82 Å². The van der Waals surface area contributed by atoms with Crippen molar-refractivity contribution in [3.63, 3.8) is 0 Å². The molecule has 0 amide bonds. The lowest BCUT2D eigenvalue weighted by Crippen LogP contribution is -2.26. The van der Waals surface area contributed by atoms with Gasteiger partial charge in [-0.2, -0.15) is 0 Å². The highest BCUT2D eigenvalue weighted by Crippen LogP contribution is 2.36. The molecular weight excluding hydrogens is 181 g/mol. The molecule has 0 aliphatic carbocycles. The normalized spacial score (nSPS) is 26.7. The molecule has 14 heavy (non-hydrogen) atoms. The predicted molar refractivity (Wildman–Crippen MR) is 53.7 cm³/mol. The summed E-state index contributed by atoms with van der Waals surface area (Å²) in [6, 6.07) is 1.80. The molecule has 1 aliphatic rings. The van der Waals surface area contributed by atoms with Crippen LogP contribution in [0.5, 0.6) is 0 Å². The molecule has 0 bridgehead atoms. The molecule has 1 fully saturated rings. The third-order valence-corrected chi connectivity index (χ3v) is 2.74. The largest absolute Gasteiger partial charge is 0.383 e. The van der Waals surface area contributed by atoms with E-state index in [1.54, 1.807) is 12.3 Å². The van der Waals surface area contributed by atoms with Gasteiger partial charge < -0.3 is 11.1 Å². The fourth-order valence-electron chi connectivity index (χ4n) is 2.04. The van der Waals surface area contributed by atoms with Gasteiger partial charge in [0.05, 0.1) is 0 Å². The Bertz CT molecular complexity index is 325. The quantitative estimate of drug-likeness (QED) is 0.706. The minimum absolute atomic E-state index is 0.316. The number of nitrogen functional groups attached to an aromatic ring is 1. The van der Waals surface area contributed by atoms with Crippen molar-refractivity contribution >= 4 is 5.82 Å². The summed E-state index contributed by atoms with van der Waals surface area (Å²) < 4.78 is 14.4. The fourth-order valence-corrected chi connectivity index (χ4v) is 2.04. The number of nitrogens with zero attached hydrogens (tertiary/aromatic N) is 1. The van der Waals surface area contributed by atoms with Crippen LogP contribution in [-0.4, -0.2) is 18.1 Å². The molecule has 1 saturated heterocycles. The van der Waals surface area contributed by atoms with E-state index in [4.69, 9.17) is 5.73 Å². The zero-order valence-electron chi connectivity index (χ0n) is 8.18. The Morgan fingerprint density at radius 1 is 1.64 bits per heavy atom. The molecule has 3 N–H and O–H groups in total. The van der Waals surface area contributed by atoms with Crippen LogP contribution >= 0.6 is 0 Å². The minimum Gasteiger partial charge on any atom is -0.383 e. The van der Waals surface area contributed by atoms with E-state index in [1.807, 2.05) is 6.92 Å². The van der Waals surface area contributed by atoms with Gasteiger partial charge in [0, 0.05) is 18.3 Å². The monoisotopic (exact) mass is 195 g/mol. The van der Waals surface area contributed by atoms with Gasteiger partial charge in [-0.1, -0.05) is 0 Å². The summed E-state index contributed by atoms with van der Waals surface area (Å²) in [5, 5.41) is 3.01. The number of anilines is 1. The third kappa shape index (κ3) is 1.35. The van der Waals surface area contributed by atoms with E-state index in [9.17, 15) is 4.39 Å². The van der Waals surface area contributed by atoms with Crippen molar-refractivity contribution in [2.75, 3.05) is 18.8 Å². The van der Waals surface area contributed by atoms with E-state index in [-0.39, 0.29) is 0 Å². The average Bonchev–Trinajstić information content (AvgIpc) is 2.52. The van der Waals surface area contributed by atoms with Crippen LogP contribution in [0.1, 0.15) is 17.5 Å². The molecule has 1 aliphatic heterocycles. The summed E-state index contributed by atoms with van der Waals surface area (Å²) >= 11 is 0. The van der Waals surface area contributed by atoms with Gasteiger partial charge in [-0.05, 0) is 31.5 Å². The molecule has 0 spiro atoms. The second kappa shape index (κ2) is 3.20. The topological polar surface area (TPSA) is 50.9 Å². The van der Waals surface area contributed by atoms with Gasteiger partial charge in [0.2, 0.25) is 0 Å². The van der Waals surface area contributed by atoms with Crippen molar-refractivity contribution in [2.45, 2.75) is 19.0 Å². The Kier molecular flexibility index (Phi) is 2.15. The Morgan fingerprint density at radius 3 is 3.00 bits per heavy atom. The number of pyridine rings is 1. The molecule has 1 atom stereocenters. The van der Waals surface area contributed by atoms with Crippen LogP contribution in [-0.2, 0) is 5.67 Å². The standard InChI is InChI=1S/C10H14FN3/c1-7-2-4-14-9(12)8(7)10(11)3-5-13-6-10/h2,4,13H,3,5-6H2,1H3,(H2,12,14). The second-order valence-corrected chi connectivity index (χ2v) is 3.78. The number of aryl methyl sites for hydroxylation is 1. The summed E-state index contributed by atoms with van der Waals surface area (Å²) in [5.74, 6) is 0.316. The third-order valence-electron chi connectivity index (χ3n) is 2.74. The Hall–Kier alpha value is -1.16. The van der Waals surface area contributed by atoms with E-state index < -0.39 is 5.67 Å². The van der Waals surface area contributed by atoms with Crippen LogP contribution in [0.15, 0.2) is 12.3 Å². The van der Waals surface area contributed by atoms with E-state index in [2.05, 4.69) is 10.3 Å². The van der Waals surface area contributed by atoms with Crippen molar-refractivity contribution < 1.29 is 4.39 Å². The molecule has 1 aromatic heterocycles. The summed E-state index contributed by atoms with van der Waals surface area (Å²) in [7, 11) is 0. The summed E-state index contributed by atoms with van der Waals surface area (Å²) in [5.41, 5.74) is 5.82. The summed E-state index contributed by atoms with van der Waals surface area (Å²) in [6.07, 6.45) is 2.09. The van der Waals surface area contributed by atoms with Crippen LogP contribution in [0.2, 0.25) is 0 Å². The molecular formula is C10H14FN3. The van der Waals surface area contributed by atoms with Gasteiger partial charge in [0.25, 0.3) is 0 Å². The van der Waals surface area contributed by atoms with Crippen LogP contribution in [0.25, 0.3) is 0 Å². The fraction of sp³-hybridized carbons (Fsp3) is 0.500. The van der Waals surface area contributed by atoms with Gasteiger partial charge in [-0.25, -0.2) is 9.37 Å². The number of hydrogen-bond donors (Lipinski definition) is 2. The van der Waals surface area contributed by atoms with E-state index in [1.165, 1.54) is 0 Å². The van der Waals surface area contributed by atoms with Crippen molar-refractivity contribution in [1.29, 1.82) is 0 Å².